The smallest absolute Gasteiger partial charge is 0.242 e. The Morgan fingerprint density at radius 3 is 2.72 bits per heavy atom. The standard InChI is InChI=1S/C11H11BrN2O2S2/c1-8-14-9(7-17-8)6-13-18(15,16)11-5-3-2-4-10(11)12/h2-5,7,13H,6H2,1H3. The SMILES string of the molecule is Cc1nc(CNS(=O)(=O)c2ccccc2Br)cs1. The monoisotopic (exact) mass is 346 g/mol. The summed E-state index contributed by atoms with van der Waals surface area (Å²) in [5.74, 6) is 0. The third-order valence-electron chi connectivity index (χ3n) is 2.24. The zero-order valence-corrected chi connectivity index (χ0v) is 12.8. The number of thiazole rings is 1. The molecule has 18 heavy (non-hydrogen) atoms. The van der Waals surface area contributed by atoms with Gasteiger partial charge >= 0.3 is 0 Å². The van der Waals surface area contributed by atoms with E-state index in [1.54, 1.807) is 24.3 Å². The van der Waals surface area contributed by atoms with Crippen molar-refractivity contribution in [3.8, 4) is 0 Å². The second-order valence-electron chi connectivity index (χ2n) is 3.61. The molecule has 0 saturated carbocycles. The van der Waals surface area contributed by atoms with Crippen LogP contribution in [0.15, 0.2) is 39.0 Å². The van der Waals surface area contributed by atoms with Crippen molar-refractivity contribution in [1.29, 1.82) is 0 Å². The van der Waals surface area contributed by atoms with Gasteiger partial charge in [0.05, 0.1) is 22.1 Å². The molecule has 0 atom stereocenters. The van der Waals surface area contributed by atoms with Crippen LogP contribution in [0.5, 0.6) is 0 Å². The van der Waals surface area contributed by atoms with Gasteiger partial charge in [-0.15, -0.1) is 11.3 Å². The Bertz CT molecular complexity index is 653. The predicted molar refractivity (Wildman–Crippen MR) is 75.0 cm³/mol. The molecule has 0 radical (unpaired) electrons. The zero-order chi connectivity index (χ0) is 13.2. The Kier molecular flexibility index (Phi) is 4.16. The maximum atomic E-state index is 12.1. The van der Waals surface area contributed by atoms with E-state index in [1.165, 1.54) is 11.3 Å². The molecule has 2 rings (SSSR count). The molecule has 4 nitrogen and oxygen atoms in total. The lowest BCUT2D eigenvalue weighted by atomic mass is 10.4. The molecule has 7 heteroatoms. The molecule has 0 bridgehead atoms. The van der Waals surface area contributed by atoms with Crippen molar-refractivity contribution in [2.45, 2.75) is 18.4 Å². The Balaban J connectivity index is 2.16. The molecule has 0 aliphatic heterocycles. The van der Waals surface area contributed by atoms with Crippen LogP contribution in [0, 0.1) is 6.92 Å². The third kappa shape index (κ3) is 3.17. The van der Waals surface area contributed by atoms with Gasteiger partial charge in [-0.05, 0) is 35.0 Å². The lowest BCUT2D eigenvalue weighted by molar-refractivity contribution is 0.580. The van der Waals surface area contributed by atoms with E-state index in [1.807, 2.05) is 12.3 Å². The summed E-state index contributed by atoms with van der Waals surface area (Å²) in [5.41, 5.74) is 0.730. The molecule has 0 amide bonds. The first kappa shape index (κ1) is 13.7. The van der Waals surface area contributed by atoms with Crippen molar-refractivity contribution in [2.75, 3.05) is 0 Å². The van der Waals surface area contributed by atoms with E-state index < -0.39 is 10.0 Å². The zero-order valence-electron chi connectivity index (χ0n) is 9.55. The van der Waals surface area contributed by atoms with Crippen molar-refractivity contribution in [1.82, 2.24) is 9.71 Å². The predicted octanol–water partition coefficient (Wildman–Crippen LogP) is 2.69. The van der Waals surface area contributed by atoms with E-state index in [0.29, 0.717) is 4.47 Å². The van der Waals surface area contributed by atoms with Crippen molar-refractivity contribution in [2.24, 2.45) is 0 Å². The summed E-state index contributed by atoms with van der Waals surface area (Å²) in [6.45, 7) is 2.09. The number of sulfonamides is 1. The molecule has 0 spiro atoms. The van der Waals surface area contributed by atoms with Gasteiger partial charge < -0.3 is 0 Å². The summed E-state index contributed by atoms with van der Waals surface area (Å²) in [7, 11) is -3.51. The van der Waals surface area contributed by atoms with Crippen LogP contribution >= 0.6 is 27.3 Å². The number of halogens is 1. The maximum absolute atomic E-state index is 12.1. The van der Waals surface area contributed by atoms with Crippen LogP contribution in [-0.4, -0.2) is 13.4 Å². The minimum absolute atomic E-state index is 0.202. The molecule has 1 aromatic heterocycles. The van der Waals surface area contributed by atoms with Gasteiger partial charge in [-0.1, -0.05) is 12.1 Å². The fourth-order valence-electron chi connectivity index (χ4n) is 1.40. The summed E-state index contributed by atoms with van der Waals surface area (Å²) in [5, 5.41) is 2.77. The van der Waals surface area contributed by atoms with Crippen LogP contribution in [0.4, 0.5) is 0 Å². The molecular weight excluding hydrogens is 336 g/mol. The highest BCUT2D eigenvalue weighted by atomic mass is 79.9. The number of rotatable bonds is 4. The van der Waals surface area contributed by atoms with Gasteiger partial charge in [-0.2, -0.15) is 0 Å². The Labute approximate surface area is 118 Å². The molecule has 0 saturated heterocycles. The first-order valence-electron chi connectivity index (χ1n) is 5.14. The molecule has 1 aromatic carbocycles. The number of aromatic nitrogens is 1. The first-order chi connectivity index (χ1) is 8.49. The molecule has 2 aromatic rings. The number of benzene rings is 1. The molecule has 1 N–H and O–H groups in total. The Hall–Kier alpha value is -0.760. The van der Waals surface area contributed by atoms with Gasteiger partial charge in [0.15, 0.2) is 0 Å². The number of hydrogen-bond acceptors (Lipinski definition) is 4. The number of aryl methyl sites for hydroxylation is 1. The lowest BCUT2D eigenvalue weighted by Gasteiger charge is -2.06. The van der Waals surface area contributed by atoms with Gasteiger partial charge in [-0.3, -0.25) is 0 Å². The second-order valence-corrected chi connectivity index (χ2v) is 7.26. The van der Waals surface area contributed by atoms with E-state index in [-0.39, 0.29) is 11.4 Å². The molecule has 0 fully saturated rings. The Morgan fingerprint density at radius 2 is 2.11 bits per heavy atom. The van der Waals surface area contributed by atoms with Crippen LogP contribution in [-0.2, 0) is 16.6 Å². The second kappa shape index (κ2) is 5.48. The molecule has 0 aliphatic rings. The Morgan fingerprint density at radius 1 is 1.39 bits per heavy atom. The summed E-state index contributed by atoms with van der Waals surface area (Å²) < 4.78 is 27.2. The minimum atomic E-state index is -3.51. The van der Waals surface area contributed by atoms with Gasteiger partial charge in [0, 0.05) is 9.85 Å². The van der Waals surface area contributed by atoms with Crippen LogP contribution in [0.2, 0.25) is 0 Å². The number of hydrogen-bond donors (Lipinski definition) is 1. The van der Waals surface area contributed by atoms with E-state index in [0.717, 1.165) is 10.7 Å². The minimum Gasteiger partial charge on any atom is -0.245 e. The maximum Gasteiger partial charge on any atom is 0.242 e. The van der Waals surface area contributed by atoms with Crippen molar-refractivity contribution in [3.63, 3.8) is 0 Å². The highest BCUT2D eigenvalue weighted by Crippen LogP contribution is 2.21. The van der Waals surface area contributed by atoms with Gasteiger partial charge in [0.25, 0.3) is 0 Å². The van der Waals surface area contributed by atoms with Crippen molar-refractivity contribution in [3.05, 3.63) is 44.8 Å². The summed E-state index contributed by atoms with van der Waals surface area (Å²) in [6.07, 6.45) is 0. The highest BCUT2D eigenvalue weighted by molar-refractivity contribution is 9.10. The van der Waals surface area contributed by atoms with Gasteiger partial charge in [-0.25, -0.2) is 18.1 Å². The first-order valence-corrected chi connectivity index (χ1v) is 8.30. The third-order valence-corrected chi connectivity index (χ3v) is 5.47. The van der Waals surface area contributed by atoms with Crippen LogP contribution < -0.4 is 4.72 Å². The van der Waals surface area contributed by atoms with Crippen LogP contribution in [0.3, 0.4) is 0 Å². The fraction of sp³-hybridized carbons (Fsp3) is 0.182. The average molecular weight is 347 g/mol. The summed E-state index contributed by atoms with van der Waals surface area (Å²) >= 11 is 4.73. The van der Waals surface area contributed by atoms with Crippen LogP contribution in [0.25, 0.3) is 0 Å². The van der Waals surface area contributed by atoms with E-state index in [4.69, 9.17) is 0 Å². The van der Waals surface area contributed by atoms with E-state index >= 15 is 0 Å². The summed E-state index contributed by atoms with van der Waals surface area (Å²) in [6, 6.07) is 6.71. The van der Waals surface area contributed by atoms with E-state index in [9.17, 15) is 8.42 Å². The van der Waals surface area contributed by atoms with Gasteiger partial charge in [0.2, 0.25) is 10.0 Å². The van der Waals surface area contributed by atoms with E-state index in [2.05, 4.69) is 25.6 Å². The molecule has 1 heterocycles. The molecular formula is C11H11BrN2O2S2. The average Bonchev–Trinajstić information content (AvgIpc) is 2.73. The highest BCUT2D eigenvalue weighted by Gasteiger charge is 2.16. The molecule has 0 aliphatic carbocycles. The van der Waals surface area contributed by atoms with Gasteiger partial charge in [0.1, 0.15) is 0 Å². The van der Waals surface area contributed by atoms with Crippen LogP contribution in [0.1, 0.15) is 10.7 Å². The fourth-order valence-corrected chi connectivity index (χ4v) is 4.01. The molecule has 0 unspecified atom stereocenters. The lowest BCUT2D eigenvalue weighted by Crippen LogP contribution is -2.23. The molecule has 96 valence electrons. The number of nitrogens with one attached hydrogen (secondary N) is 1. The summed E-state index contributed by atoms with van der Waals surface area (Å²) in [4.78, 5) is 4.44. The normalized spacial score (nSPS) is 11.7. The topological polar surface area (TPSA) is 59.1 Å². The van der Waals surface area contributed by atoms with Crippen molar-refractivity contribution >= 4 is 37.3 Å². The number of nitrogens with zero attached hydrogens (tertiary/aromatic N) is 1. The quantitative estimate of drug-likeness (QED) is 0.925. The largest absolute Gasteiger partial charge is 0.245 e. The van der Waals surface area contributed by atoms with Crippen molar-refractivity contribution < 1.29 is 8.42 Å².